The van der Waals surface area contributed by atoms with Crippen molar-refractivity contribution in [3.63, 3.8) is 0 Å². The third-order valence-corrected chi connectivity index (χ3v) is 4.53. The zero-order valence-corrected chi connectivity index (χ0v) is 14.9. The third kappa shape index (κ3) is 3.46. The van der Waals surface area contributed by atoms with Gasteiger partial charge in [0.15, 0.2) is 0 Å². The molecule has 1 aliphatic heterocycles. The molecule has 6 heteroatoms. The SMILES string of the molecule is COc1ccc(Cl)cc1N(CC(=O)N1CCc2ccccc21)C(C)=O. The van der Waals surface area contributed by atoms with Crippen molar-refractivity contribution in [3.05, 3.63) is 53.1 Å². The summed E-state index contributed by atoms with van der Waals surface area (Å²) in [5.41, 5.74) is 2.54. The normalized spacial score (nSPS) is 12.7. The van der Waals surface area contributed by atoms with Gasteiger partial charge in [0.05, 0.1) is 12.8 Å². The van der Waals surface area contributed by atoms with Gasteiger partial charge in [0, 0.05) is 24.2 Å². The average Bonchev–Trinajstić information content (AvgIpc) is 3.03. The molecule has 0 aromatic heterocycles. The van der Waals surface area contributed by atoms with Gasteiger partial charge in [-0.15, -0.1) is 0 Å². The molecule has 5 nitrogen and oxygen atoms in total. The Hall–Kier alpha value is -2.53. The molecule has 2 amide bonds. The number of carbonyl (C=O) groups is 2. The van der Waals surface area contributed by atoms with Crippen LogP contribution < -0.4 is 14.5 Å². The van der Waals surface area contributed by atoms with Crippen molar-refractivity contribution in [1.29, 1.82) is 0 Å². The number of carbonyl (C=O) groups excluding carboxylic acids is 2. The van der Waals surface area contributed by atoms with Crippen molar-refractivity contribution in [2.75, 3.05) is 30.0 Å². The molecule has 2 aromatic carbocycles. The second-order valence-corrected chi connectivity index (χ2v) is 6.28. The van der Waals surface area contributed by atoms with E-state index in [1.165, 1.54) is 18.9 Å². The number of rotatable bonds is 4. The number of methoxy groups -OCH3 is 1. The van der Waals surface area contributed by atoms with E-state index in [-0.39, 0.29) is 18.4 Å². The van der Waals surface area contributed by atoms with Crippen LogP contribution in [0.25, 0.3) is 0 Å². The average molecular weight is 359 g/mol. The molecule has 1 heterocycles. The predicted molar refractivity (Wildman–Crippen MR) is 98.5 cm³/mol. The number of anilines is 2. The number of halogens is 1. The Bertz CT molecular complexity index is 822. The van der Waals surface area contributed by atoms with Crippen LogP contribution >= 0.6 is 11.6 Å². The van der Waals surface area contributed by atoms with E-state index in [2.05, 4.69) is 0 Å². The van der Waals surface area contributed by atoms with Gasteiger partial charge in [-0.05, 0) is 36.2 Å². The van der Waals surface area contributed by atoms with Crippen molar-refractivity contribution in [2.24, 2.45) is 0 Å². The maximum Gasteiger partial charge on any atom is 0.247 e. The molecular weight excluding hydrogens is 340 g/mol. The summed E-state index contributed by atoms with van der Waals surface area (Å²) in [5.74, 6) is 0.109. The zero-order chi connectivity index (χ0) is 18.0. The summed E-state index contributed by atoms with van der Waals surface area (Å²) < 4.78 is 5.32. The summed E-state index contributed by atoms with van der Waals surface area (Å²) in [6.07, 6.45) is 0.822. The third-order valence-electron chi connectivity index (χ3n) is 4.29. The molecule has 2 aromatic rings. The van der Waals surface area contributed by atoms with Crippen LogP contribution in [0.5, 0.6) is 5.75 Å². The lowest BCUT2D eigenvalue weighted by Crippen LogP contribution is -2.42. The van der Waals surface area contributed by atoms with Crippen LogP contribution in [-0.2, 0) is 16.0 Å². The number of fused-ring (bicyclic) bond motifs is 1. The fourth-order valence-electron chi connectivity index (χ4n) is 3.06. The van der Waals surface area contributed by atoms with Crippen LogP contribution in [-0.4, -0.2) is 32.0 Å². The molecule has 0 unspecified atom stereocenters. The Balaban J connectivity index is 1.88. The van der Waals surface area contributed by atoms with Crippen LogP contribution in [0.2, 0.25) is 5.02 Å². The van der Waals surface area contributed by atoms with Gasteiger partial charge in [0.25, 0.3) is 0 Å². The van der Waals surface area contributed by atoms with Crippen molar-refractivity contribution >= 4 is 34.8 Å². The maximum atomic E-state index is 12.8. The maximum absolute atomic E-state index is 12.8. The van der Waals surface area contributed by atoms with Gasteiger partial charge >= 0.3 is 0 Å². The fourth-order valence-corrected chi connectivity index (χ4v) is 3.22. The largest absolute Gasteiger partial charge is 0.495 e. The lowest BCUT2D eigenvalue weighted by atomic mass is 10.2. The van der Waals surface area contributed by atoms with E-state index >= 15 is 0 Å². The van der Waals surface area contributed by atoms with Gasteiger partial charge in [-0.2, -0.15) is 0 Å². The lowest BCUT2D eigenvalue weighted by Gasteiger charge is -2.26. The summed E-state index contributed by atoms with van der Waals surface area (Å²) in [5, 5.41) is 0.473. The molecule has 25 heavy (non-hydrogen) atoms. The highest BCUT2D eigenvalue weighted by atomic mass is 35.5. The van der Waals surface area contributed by atoms with Crippen LogP contribution in [0.3, 0.4) is 0 Å². The Morgan fingerprint density at radius 1 is 1.24 bits per heavy atom. The van der Waals surface area contributed by atoms with E-state index in [0.29, 0.717) is 23.0 Å². The smallest absolute Gasteiger partial charge is 0.247 e. The lowest BCUT2D eigenvalue weighted by molar-refractivity contribution is -0.121. The molecule has 0 aliphatic carbocycles. The highest BCUT2D eigenvalue weighted by Crippen LogP contribution is 2.32. The molecule has 3 rings (SSSR count). The van der Waals surface area contributed by atoms with Gasteiger partial charge in [0.1, 0.15) is 12.3 Å². The Morgan fingerprint density at radius 2 is 2.00 bits per heavy atom. The number of hydrogen-bond donors (Lipinski definition) is 0. The van der Waals surface area contributed by atoms with Gasteiger partial charge < -0.3 is 9.64 Å². The van der Waals surface area contributed by atoms with Crippen molar-refractivity contribution in [3.8, 4) is 5.75 Å². The Labute approximate surface area is 151 Å². The van der Waals surface area contributed by atoms with Crippen LogP contribution in [0, 0.1) is 0 Å². The standard InChI is InChI=1S/C19H19ClN2O3/c1-13(23)22(17-11-15(20)7-8-18(17)25-2)12-19(24)21-10-9-14-5-3-4-6-16(14)21/h3-8,11H,9-10,12H2,1-2H3. The van der Waals surface area contributed by atoms with E-state index in [1.54, 1.807) is 23.1 Å². The number of nitrogens with zero attached hydrogens (tertiary/aromatic N) is 2. The first-order valence-electron chi connectivity index (χ1n) is 8.01. The minimum Gasteiger partial charge on any atom is -0.495 e. The first-order valence-corrected chi connectivity index (χ1v) is 8.39. The van der Waals surface area contributed by atoms with Crippen LogP contribution in [0.15, 0.2) is 42.5 Å². The van der Waals surface area contributed by atoms with E-state index in [1.807, 2.05) is 24.3 Å². The highest BCUT2D eigenvalue weighted by Gasteiger charge is 2.27. The minimum atomic E-state index is -0.249. The summed E-state index contributed by atoms with van der Waals surface area (Å²) in [6, 6.07) is 12.8. The molecule has 130 valence electrons. The van der Waals surface area contributed by atoms with Crippen LogP contribution in [0.4, 0.5) is 11.4 Å². The number of para-hydroxylation sites is 1. The van der Waals surface area contributed by atoms with E-state index in [0.717, 1.165) is 17.7 Å². The molecular formula is C19H19ClN2O3. The second kappa shape index (κ2) is 7.15. The van der Waals surface area contributed by atoms with Crippen molar-refractivity contribution < 1.29 is 14.3 Å². The first-order chi connectivity index (χ1) is 12.0. The number of benzene rings is 2. The molecule has 0 saturated carbocycles. The van der Waals surface area contributed by atoms with E-state index in [4.69, 9.17) is 16.3 Å². The topological polar surface area (TPSA) is 49.9 Å². The summed E-state index contributed by atoms with van der Waals surface area (Å²) in [4.78, 5) is 28.1. The molecule has 0 atom stereocenters. The van der Waals surface area contributed by atoms with E-state index < -0.39 is 0 Å². The highest BCUT2D eigenvalue weighted by molar-refractivity contribution is 6.31. The molecule has 0 bridgehead atoms. The van der Waals surface area contributed by atoms with Crippen molar-refractivity contribution in [1.82, 2.24) is 0 Å². The van der Waals surface area contributed by atoms with Gasteiger partial charge in [-0.3, -0.25) is 14.5 Å². The number of amides is 2. The van der Waals surface area contributed by atoms with Crippen molar-refractivity contribution in [2.45, 2.75) is 13.3 Å². The molecule has 0 radical (unpaired) electrons. The molecule has 0 spiro atoms. The van der Waals surface area contributed by atoms with Crippen LogP contribution in [0.1, 0.15) is 12.5 Å². The quantitative estimate of drug-likeness (QED) is 0.842. The van der Waals surface area contributed by atoms with Gasteiger partial charge in [-0.25, -0.2) is 0 Å². The monoisotopic (exact) mass is 358 g/mol. The fraction of sp³-hybridized carbons (Fsp3) is 0.263. The molecule has 0 fully saturated rings. The number of hydrogen-bond acceptors (Lipinski definition) is 3. The Kier molecular flexibility index (Phi) is 4.95. The second-order valence-electron chi connectivity index (χ2n) is 5.85. The number of ether oxygens (including phenoxy) is 1. The first kappa shape index (κ1) is 17.3. The molecule has 0 N–H and O–H groups in total. The molecule has 1 aliphatic rings. The van der Waals surface area contributed by atoms with Gasteiger partial charge in [0.2, 0.25) is 11.8 Å². The van der Waals surface area contributed by atoms with Gasteiger partial charge in [-0.1, -0.05) is 29.8 Å². The van der Waals surface area contributed by atoms with E-state index in [9.17, 15) is 9.59 Å². The summed E-state index contributed by atoms with van der Waals surface area (Å²) >= 11 is 6.06. The zero-order valence-electron chi connectivity index (χ0n) is 14.2. The Morgan fingerprint density at radius 3 is 2.72 bits per heavy atom. The predicted octanol–water partition coefficient (Wildman–Crippen LogP) is 3.29. The minimum absolute atomic E-state index is 0.0691. The summed E-state index contributed by atoms with van der Waals surface area (Å²) in [7, 11) is 1.52. The molecule has 0 saturated heterocycles. The summed E-state index contributed by atoms with van der Waals surface area (Å²) in [6.45, 7) is 1.97.